The number of carbonyl (C=O) groups is 1. The van der Waals surface area contributed by atoms with Gasteiger partial charge in [-0.15, -0.1) is 5.10 Å². The van der Waals surface area contributed by atoms with Crippen LogP contribution in [0.1, 0.15) is 33.1 Å². The molecule has 3 rings (SSSR count). The lowest BCUT2D eigenvalue weighted by Gasteiger charge is -2.34. The van der Waals surface area contributed by atoms with Crippen LogP contribution < -0.4 is 5.32 Å². The van der Waals surface area contributed by atoms with Gasteiger partial charge < -0.3 is 10.4 Å². The lowest BCUT2D eigenvalue weighted by Crippen LogP contribution is -2.44. The van der Waals surface area contributed by atoms with Gasteiger partial charge >= 0.3 is 0 Å². The number of benzene rings is 1. The average Bonchev–Trinajstić information content (AvgIpc) is 3.06. The highest BCUT2D eigenvalue weighted by molar-refractivity contribution is 7.99. The molecule has 1 aromatic carbocycles. The molecule has 25 heavy (non-hydrogen) atoms. The summed E-state index contributed by atoms with van der Waals surface area (Å²) in [5, 5.41) is 24.7. The second kappa shape index (κ2) is 7.86. The van der Waals surface area contributed by atoms with E-state index in [4.69, 9.17) is 0 Å². The number of carbonyl (C=O) groups excluding carboxylic acids is 1. The fourth-order valence-electron chi connectivity index (χ4n) is 3.19. The van der Waals surface area contributed by atoms with Gasteiger partial charge in [-0.25, -0.2) is 0 Å². The minimum atomic E-state index is 0.0104. The number of phenolic OH excluding ortho intramolecular Hbond substituents is 1. The van der Waals surface area contributed by atoms with Crippen molar-refractivity contribution < 1.29 is 9.90 Å². The number of hydrogen-bond donors (Lipinski definition) is 2. The van der Waals surface area contributed by atoms with Crippen LogP contribution in [-0.2, 0) is 4.79 Å². The zero-order chi connectivity index (χ0) is 17.8. The fourth-order valence-corrected chi connectivity index (χ4v) is 3.89. The summed E-state index contributed by atoms with van der Waals surface area (Å²) in [7, 11) is 0. The molecule has 0 saturated heterocycles. The molecule has 0 radical (unpaired) electrons. The van der Waals surface area contributed by atoms with E-state index >= 15 is 0 Å². The highest BCUT2D eigenvalue weighted by Crippen LogP contribution is 2.29. The van der Waals surface area contributed by atoms with Crippen LogP contribution in [0.3, 0.4) is 0 Å². The van der Waals surface area contributed by atoms with Crippen molar-refractivity contribution in [2.75, 3.05) is 5.75 Å². The first-order chi connectivity index (χ1) is 12.0. The minimum absolute atomic E-state index is 0.0104. The van der Waals surface area contributed by atoms with Crippen LogP contribution in [0.5, 0.6) is 5.75 Å². The molecule has 1 aliphatic carbocycles. The van der Waals surface area contributed by atoms with Gasteiger partial charge in [-0.3, -0.25) is 4.79 Å². The molecule has 1 amide bonds. The van der Waals surface area contributed by atoms with Crippen molar-refractivity contribution in [3.05, 3.63) is 24.3 Å². The lowest BCUT2D eigenvalue weighted by molar-refractivity contribution is -0.120. The first kappa shape index (κ1) is 17.7. The Balaban J connectivity index is 1.58. The maximum absolute atomic E-state index is 12.3. The summed E-state index contributed by atoms with van der Waals surface area (Å²) < 4.78 is 1.56. The SMILES string of the molecule is C[C@H]1[C@H](C)CCC[C@H]1NC(=O)CSc1nnnn1-c1ccc(O)cc1. The second-order valence-electron chi connectivity index (χ2n) is 6.62. The van der Waals surface area contributed by atoms with E-state index in [1.54, 1.807) is 28.9 Å². The summed E-state index contributed by atoms with van der Waals surface area (Å²) in [6.45, 7) is 4.47. The number of nitrogens with one attached hydrogen (secondary N) is 1. The number of hydrogen-bond acceptors (Lipinski definition) is 6. The summed E-state index contributed by atoms with van der Waals surface area (Å²) in [6.07, 6.45) is 3.46. The Morgan fingerprint density at radius 1 is 1.32 bits per heavy atom. The van der Waals surface area contributed by atoms with E-state index in [1.165, 1.54) is 24.6 Å². The standard InChI is InChI=1S/C17H23N5O2S/c1-11-4-3-5-15(12(11)2)18-16(24)10-25-17-19-20-21-22(17)13-6-8-14(23)9-7-13/h6-9,11-12,15,23H,3-5,10H2,1-2H3,(H,18,24)/t11-,12+,15-/m1/s1. The molecule has 0 unspecified atom stereocenters. The lowest BCUT2D eigenvalue weighted by atomic mass is 9.78. The summed E-state index contributed by atoms with van der Waals surface area (Å²) in [5.41, 5.74) is 0.737. The Bertz CT molecular complexity index is 718. The number of amides is 1. The third-order valence-corrected chi connectivity index (χ3v) is 5.84. The third-order valence-electron chi connectivity index (χ3n) is 4.92. The molecule has 0 spiro atoms. The number of rotatable bonds is 5. The molecule has 8 heteroatoms. The Morgan fingerprint density at radius 2 is 2.08 bits per heavy atom. The molecule has 1 heterocycles. The summed E-state index contributed by atoms with van der Waals surface area (Å²) in [5.74, 6) is 1.62. The normalized spacial score (nSPS) is 23.4. The van der Waals surface area contributed by atoms with Crippen LogP contribution in [0, 0.1) is 11.8 Å². The molecule has 0 bridgehead atoms. The molecule has 3 atom stereocenters. The predicted octanol–water partition coefficient (Wildman–Crippen LogP) is 2.40. The Hall–Kier alpha value is -2.09. The van der Waals surface area contributed by atoms with Gasteiger partial charge in [0, 0.05) is 6.04 Å². The molecule has 134 valence electrons. The largest absolute Gasteiger partial charge is 0.508 e. The van der Waals surface area contributed by atoms with Gasteiger partial charge in [-0.2, -0.15) is 4.68 Å². The molecule has 0 aliphatic heterocycles. The topological polar surface area (TPSA) is 92.9 Å². The molecular formula is C17H23N5O2S. The van der Waals surface area contributed by atoms with Crippen molar-refractivity contribution in [2.45, 2.75) is 44.3 Å². The fraction of sp³-hybridized carbons (Fsp3) is 0.529. The van der Waals surface area contributed by atoms with Crippen LogP contribution in [0.25, 0.3) is 5.69 Å². The molecule has 1 aromatic heterocycles. The monoisotopic (exact) mass is 361 g/mol. The van der Waals surface area contributed by atoms with E-state index in [-0.39, 0.29) is 23.5 Å². The summed E-state index contributed by atoms with van der Waals surface area (Å²) in [4.78, 5) is 12.3. The van der Waals surface area contributed by atoms with E-state index in [0.29, 0.717) is 17.0 Å². The molecule has 1 fully saturated rings. The maximum atomic E-state index is 12.3. The van der Waals surface area contributed by atoms with Gasteiger partial charge in [-0.1, -0.05) is 38.5 Å². The van der Waals surface area contributed by atoms with E-state index < -0.39 is 0 Å². The van der Waals surface area contributed by atoms with Crippen LogP contribution in [0.4, 0.5) is 0 Å². The van der Waals surface area contributed by atoms with Crippen molar-refractivity contribution in [3.8, 4) is 11.4 Å². The molecule has 7 nitrogen and oxygen atoms in total. The summed E-state index contributed by atoms with van der Waals surface area (Å²) >= 11 is 1.30. The van der Waals surface area contributed by atoms with Gasteiger partial charge in [0.2, 0.25) is 11.1 Å². The minimum Gasteiger partial charge on any atom is -0.508 e. The van der Waals surface area contributed by atoms with Gasteiger partial charge in [-0.05, 0) is 52.9 Å². The van der Waals surface area contributed by atoms with Crippen LogP contribution in [-0.4, -0.2) is 43.0 Å². The average molecular weight is 361 g/mol. The number of thioether (sulfide) groups is 1. The Morgan fingerprint density at radius 3 is 2.84 bits per heavy atom. The van der Waals surface area contributed by atoms with Crippen molar-refractivity contribution >= 4 is 17.7 Å². The molecule has 1 saturated carbocycles. The molecule has 1 aliphatic rings. The number of aromatic hydroxyl groups is 1. The van der Waals surface area contributed by atoms with Crippen LogP contribution in [0.2, 0.25) is 0 Å². The highest BCUT2D eigenvalue weighted by atomic mass is 32.2. The van der Waals surface area contributed by atoms with Gasteiger partial charge in [0.1, 0.15) is 5.75 Å². The Kier molecular flexibility index (Phi) is 5.57. The van der Waals surface area contributed by atoms with E-state index in [9.17, 15) is 9.90 Å². The third kappa shape index (κ3) is 4.31. The van der Waals surface area contributed by atoms with Gasteiger partial charge in [0.05, 0.1) is 11.4 Å². The van der Waals surface area contributed by atoms with Crippen LogP contribution >= 0.6 is 11.8 Å². The first-order valence-corrected chi connectivity index (χ1v) is 9.53. The van der Waals surface area contributed by atoms with Crippen molar-refractivity contribution in [2.24, 2.45) is 11.8 Å². The van der Waals surface area contributed by atoms with Crippen molar-refractivity contribution in [1.29, 1.82) is 0 Å². The molecular weight excluding hydrogens is 338 g/mol. The quantitative estimate of drug-likeness (QED) is 0.795. The zero-order valence-corrected chi connectivity index (χ0v) is 15.2. The molecule has 2 aromatic rings. The van der Waals surface area contributed by atoms with Crippen LogP contribution in [0.15, 0.2) is 29.4 Å². The Labute approximate surface area is 151 Å². The number of nitrogens with zero attached hydrogens (tertiary/aromatic N) is 4. The zero-order valence-electron chi connectivity index (χ0n) is 14.4. The second-order valence-corrected chi connectivity index (χ2v) is 7.56. The summed E-state index contributed by atoms with van der Waals surface area (Å²) in [6, 6.07) is 6.85. The first-order valence-electron chi connectivity index (χ1n) is 8.54. The number of aromatic nitrogens is 4. The van der Waals surface area contributed by atoms with Crippen molar-refractivity contribution in [3.63, 3.8) is 0 Å². The van der Waals surface area contributed by atoms with Crippen molar-refractivity contribution in [1.82, 2.24) is 25.5 Å². The maximum Gasteiger partial charge on any atom is 0.230 e. The number of tetrazole rings is 1. The number of phenols is 1. The smallest absolute Gasteiger partial charge is 0.230 e. The van der Waals surface area contributed by atoms with E-state index in [0.717, 1.165) is 12.1 Å². The highest BCUT2D eigenvalue weighted by Gasteiger charge is 2.28. The predicted molar refractivity (Wildman–Crippen MR) is 95.7 cm³/mol. The van der Waals surface area contributed by atoms with E-state index in [2.05, 4.69) is 34.7 Å². The van der Waals surface area contributed by atoms with E-state index in [1.807, 2.05) is 0 Å². The van der Waals surface area contributed by atoms with Gasteiger partial charge in [0.15, 0.2) is 0 Å². The molecule has 2 N–H and O–H groups in total. The van der Waals surface area contributed by atoms with Gasteiger partial charge in [0.25, 0.3) is 0 Å².